The van der Waals surface area contributed by atoms with Crippen LogP contribution in [0.2, 0.25) is 0 Å². The summed E-state index contributed by atoms with van der Waals surface area (Å²) in [5.41, 5.74) is 1.66. The number of aromatic nitrogens is 2. The highest BCUT2D eigenvalue weighted by Gasteiger charge is 2.05. The molecule has 1 N–H and O–H groups in total. The molecule has 2 rings (SSSR count). The van der Waals surface area contributed by atoms with E-state index in [9.17, 15) is 0 Å². The third kappa shape index (κ3) is 1.44. The molecule has 0 aliphatic rings. The average molecular weight is 192 g/mol. The molecule has 0 aliphatic carbocycles. The van der Waals surface area contributed by atoms with E-state index < -0.39 is 0 Å². The molecule has 0 unspecified atom stereocenters. The van der Waals surface area contributed by atoms with Crippen molar-refractivity contribution >= 4 is 5.65 Å². The number of fused-ring (bicyclic) bond motifs is 1. The lowest BCUT2D eigenvalue weighted by Crippen LogP contribution is -1.90. The van der Waals surface area contributed by atoms with Gasteiger partial charge in [0.1, 0.15) is 0 Å². The first kappa shape index (κ1) is 9.02. The minimum atomic E-state index is 0.117. The van der Waals surface area contributed by atoms with Crippen LogP contribution in [0.15, 0.2) is 24.5 Å². The molecule has 0 saturated heterocycles. The van der Waals surface area contributed by atoms with Crippen molar-refractivity contribution in [3.8, 4) is 5.75 Å². The summed E-state index contributed by atoms with van der Waals surface area (Å²) in [4.78, 5) is 4.35. The summed E-state index contributed by atoms with van der Waals surface area (Å²) < 4.78 is 7.07. The van der Waals surface area contributed by atoms with E-state index in [1.165, 1.54) is 0 Å². The van der Waals surface area contributed by atoms with Crippen LogP contribution in [0.3, 0.4) is 0 Å². The van der Waals surface area contributed by atoms with Crippen molar-refractivity contribution in [1.29, 1.82) is 0 Å². The quantitative estimate of drug-likeness (QED) is 0.785. The molecule has 4 nitrogen and oxygen atoms in total. The normalized spacial score (nSPS) is 10.7. The van der Waals surface area contributed by atoms with Crippen molar-refractivity contribution in [3.63, 3.8) is 0 Å². The Hall–Kier alpha value is -1.55. The minimum Gasteiger partial charge on any atom is -0.493 e. The Labute approximate surface area is 81.8 Å². The predicted octanol–water partition coefficient (Wildman–Crippen LogP) is 0.878. The van der Waals surface area contributed by atoms with Crippen molar-refractivity contribution in [3.05, 3.63) is 30.2 Å². The van der Waals surface area contributed by atoms with Gasteiger partial charge in [0.2, 0.25) is 0 Å². The second-order valence-electron chi connectivity index (χ2n) is 3.01. The van der Waals surface area contributed by atoms with Gasteiger partial charge in [0.25, 0.3) is 0 Å². The van der Waals surface area contributed by atoms with E-state index in [0.717, 1.165) is 17.1 Å². The zero-order valence-electron chi connectivity index (χ0n) is 7.97. The molecule has 0 spiro atoms. The van der Waals surface area contributed by atoms with E-state index >= 15 is 0 Å². The van der Waals surface area contributed by atoms with Crippen LogP contribution in [0.1, 0.15) is 5.69 Å². The summed E-state index contributed by atoms with van der Waals surface area (Å²) in [5.74, 6) is 0.747. The number of aliphatic hydroxyl groups excluding tert-OH is 1. The summed E-state index contributed by atoms with van der Waals surface area (Å²) >= 11 is 0. The second-order valence-corrected chi connectivity index (χ2v) is 3.01. The molecule has 2 aromatic heterocycles. The van der Waals surface area contributed by atoms with E-state index in [1.54, 1.807) is 7.11 Å². The maximum absolute atomic E-state index is 8.79. The zero-order chi connectivity index (χ0) is 9.97. The molecule has 14 heavy (non-hydrogen) atoms. The lowest BCUT2D eigenvalue weighted by Gasteiger charge is -1.99. The lowest BCUT2D eigenvalue weighted by molar-refractivity contribution is 0.298. The molecular formula is C10H12N2O2. The van der Waals surface area contributed by atoms with Crippen LogP contribution in [0.25, 0.3) is 5.65 Å². The number of imidazole rings is 1. The minimum absolute atomic E-state index is 0.117. The molecule has 0 aliphatic heterocycles. The SMILES string of the molecule is COc1cccn2cc(CCO)nc12. The third-order valence-electron chi connectivity index (χ3n) is 2.08. The highest BCUT2D eigenvalue weighted by molar-refractivity contribution is 5.54. The molecule has 0 saturated carbocycles. The number of aliphatic hydroxyl groups is 1. The number of methoxy groups -OCH3 is 1. The Bertz CT molecular complexity index is 437. The Kier molecular flexibility index (Phi) is 2.37. The fraction of sp³-hybridized carbons (Fsp3) is 0.300. The maximum atomic E-state index is 8.79. The molecule has 0 bridgehead atoms. The summed E-state index contributed by atoms with van der Waals surface area (Å²) in [6.45, 7) is 0.117. The highest BCUT2D eigenvalue weighted by atomic mass is 16.5. The van der Waals surface area contributed by atoms with E-state index in [4.69, 9.17) is 9.84 Å². The van der Waals surface area contributed by atoms with Crippen LogP contribution in [0.4, 0.5) is 0 Å². The van der Waals surface area contributed by atoms with Gasteiger partial charge < -0.3 is 14.2 Å². The molecule has 0 fully saturated rings. The largest absolute Gasteiger partial charge is 0.493 e. The van der Waals surface area contributed by atoms with E-state index in [1.807, 2.05) is 28.9 Å². The molecule has 0 atom stereocenters. The fourth-order valence-corrected chi connectivity index (χ4v) is 1.43. The van der Waals surface area contributed by atoms with Crippen molar-refractivity contribution < 1.29 is 9.84 Å². The molecule has 0 aromatic carbocycles. The van der Waals surface area contributed by atoms with Crippen LogP contribution in [0, 0.1) is 0 Å². The molecule has 74 valence electrons. The number of rotatable bonds is 3. The van der Waals surface area contributed by atoms with E-state index in [-0.39, 0.29) is 6.61 Å². The first-order chi connectivity index (χ1) is 6.85. The first-order valence-corrected chi connectivity index (χ1v) is 4.46. The Morgan fingerprint density at radius 2 is 2.43 bits per heavy atom. The average Bonchev–Trinajstić information content (AvgIpc) is 2.60. The molecule has 0 amide bonds. The molecule has 0 radical (unpaired) electrons. The summed E-state index contributed by atoms with van der Waals surface area (Å²) in [6, 6.07) is 3.77. The van der Waals surface area contributed by atoms with Gasteiger partial charge in [0, 0.05) is 25.4 Å². The topological polar surface area (TPSA) is 46.8 Å². The van der Waals surface area contributed by atoms with Gasteiger partial charge in [-0.3, -0.25) is 0 Å². The van der Waals surface area contributed by atoms with Crippen LogP contribution in [-0.2, 0) is 6.42 Å². The first-order valence-electron chi connectivity index (χ1n) is 4.46. The van der Waals surface area contributed by atoms with Gasteiger partial charge in [0.05, 0.1) is 12.8 Å². The summed E-state index contributed by atoms with van der Waals surface area (Å²) in [6.07, 6.45) is 4.38. The van der Waals surface area contributed by atoms with E-state index in [0.29, 0.717) is 6.42 Å². The van der Waals surface area contributed by atoms with Crippen molar-refractivity contribution in [2.75, 3.05) is 13.7 Å². The third-order valence-corrected chi connectivity index (χ3v) is 2.08. The second kappa shape index (κ2) is 3.67. The molecular weight excluding hydrogens is 180 g/mol. The Morgan fingerprint density at radius 3 is 3.14 bits per heavy atom. The Morgan fingerprint density at radius 1 is 1.57 bits per heavy atom. The van der Waals surface area contributed by atoms with Crippen molar-refractivity contribution in [2.24, 2.45) is 0 Å². The standard InChI is InChI=1S/C10H12N2O2/c1-14-9-3-2-5-12-7-8(4-6-13)11-10(9)12/h2-3,5,7,13H,4,6H2,1H3. The number of hydrogen-bond acceptors (Lipinski definition) is 3. The molecule has 2 heterocycles. The van der Waals surface area contributed by atoms with Gasteiger partial charge in [-0.1, -0.05) is 0 Å². The maximum Gasteiger partial charge on any atom is 0.179 e. The summed E-state index contributed by atoms with van der Waals surface area (Å²) in [5, 5.41) is 8.79. The number of hydrogen-bond donors (Lipinski definition) is 1. The van der Waals surface area contributed by atoms with Crippen LogP contribution < -0.4 is 4.74 Å². The molecule has 2 aromatic rings. The Balaban J connectivity index is 2.52. The van der Waals surface area contributed by atoms with Crippen LogP contribution >= 0.6 is 0 Å². The number of ether oxygens (including phenoxy) is 1. The van der Waals surface area contributed by atoms with Crippen LogP contribution in [0.5, 0.6) is 5.75 Å². The lowest BCUT2D eigenvalue weighted by atomic mass is 10.4. The predicted molar refractivity (Wildman–Crippen MR) is 52.5 cm³/mol. The van der Waals surface area contributed by atoms with Crippen LogP contribution in [-0.4, -0.2) is 28.2 Å². The monoisotopic (exact) mass is 192 g/mol. The van der Waals surface area contributed by atoms with Crippen molar-refractivity contribution in [2.45, 2.75) is 6.42 Å². The van der Waals surface area contributed by atoms with Gasteiger partial charge in [-0.15, -0.1) is 0 Å². The van der Waals surface area contributed by atoms with Gasteiger partial charge >= 0.3 is 0 Å². The summed E-state index contributed by atoms with van der Waals surface area (Å²) in [7, 11) is 1.62. The molecule has 4 heteroatoms. The smallest absolute Gasteiger partial charge is 0.179 e. The van der Waals surface area contributed by atoms with Gasteiger partial charge in [-0.2, -0.15) is 0 Å². The highest BCUT2D eigenvalue weighted by Crippen LogP contribution is 2.18. The van der Waals surface area contributed by atoms with Gasteiger partial charge in [0.15, 0.2) is 11.4 Å². The number of nitrogens with zero attached hydrogens (tertiary/aromatic N) is 2. The van der Waals surface area contributed by atoms with E-state index in [2.05, 4.69) is 4.98 Å². The van der Waals surface area contributed by atoms with Gasteiger partial charge in [-0.05, 0) is 12.1 Å². The van der Waals surface area contributed by atoms with Gasteiger partial charge in [-0.25, -0.2) is 4.98 Å². The zero-order valence-corrected chi connectivity index (χ0v) is 7.97. The van der Waals surface area contributed by atoms with Crippen molar-refractivity contribution in [1.82, 2.24) is 9.38 Å². The number of pyridine rings is 1. The fourth-order valence-electron chi connectivity index (χ4n) is 1.43.